The van der Waals surface area contributed by atoms with Crippen LogP contribution in [0.2, 0.25) is 5.02 Å². The standard InChI is InChI=1S/C11H16ClNO/c1-11(2,14)10(13-3)8-4-6-9(12)7-5-8/h4-7,10,13-14H,1-3H3. The summed E-state index contributed by atoms with van der Waals surface area (Å²) >= 11 is 5.79. The smallest absolute Gasteiger partial charge is 0.0785 e. The normalized spacial score (nSPS) is 14.1. The van der Waals surface area contributed by atoms with Crippen LogP contribution >= 0.6 is 11.6 Å². The van der Waals surface area contributed by atoms with Gasteiger partial charge in [0.1, 0.15) is 0 Å². The predicted octanol–water partition coefficient (Wildman–Crippen LogP) is 2.37. The second-order valence-corrected chi connectivity index (χ2v) is 4.36. The second kappa shape index (κ2) is 4.30. The molecule has 1 unspecified atom stereocenters. The zero-order valence-corrected chi connectivity index (χ0v) is 9.47. The molecular weight excluding hydrogens is 198 g/mol. The molecule has 0 fully saturated rings. The van der Waals surface area contributed by atoms with Crippen LogP contribution in [0.15, 0.2) is 24.3 Å². The Hall–Kier alpha value is -0.570. The summed E-state index contributed by atoms with van der Waals surface area (Å²) in [5.74, 6) is 0. The molecule has 0 saturated heterocycles. The molecule has 1 aromatic carbocycles. The topological polar surface area (TPSA) is 32.3 Å². The highest BCUT2D eigenvalue weighted by Crippen LogP contribution is 2.25. The number of aliphatic hydroxyl groups is 1. The highest BCUT2D eigenvalue weighted by molar-refractivity contribution is 6.30. The lowest BCUT2D eigenvalue weighted by molar-refractivity contribution is 0.0400. The van der Waals surface area contributed by atoms with Gasteiger partial charge in [-0.15, -0.1) is 0 Å². The van der Waals surface area contributed by atoms with Gasteiger partial charge in [-0.1, -0.05) is 23.7 Å². The Morgan fingerprint density at radius 2 is 1.79 bits per heavy atom. The predicted molar refractivity (Wildman–Crippen MR) is 59.6 cm³/mol. The van der Waals surface area contributed by atoms with Crippen LogP contribution in [0, 0.1) is 0 Å². The molecule has 1 aromatic rings. The van der Waals surface area contributed by atoms with E-state index in [9.17, 15) is 5.11 Å². The van der Waals surface area contributed by atoms with Crippen molar-refractivity contribution in [1.82, 2.24) is 5.32 Å². The number of hydrogen-bond donors (Lipinski definition) is 2. The van der Waals surface area contributed by atoms with Gasteiger partial charge in [-0.25, -0.2) is 0 Å². The first-order chi connectivity index (χ1) is 6.45. The lowest BCUT2D eigenvalue weighted by Gasteiger charge is -2.29. The van der Waals surface area contributed by atoms with Gasteiger partial charge in [0.25, 0.3) is 0 Å². The zero-order valence-electron chi connectivity index (χ0n) is 8.71. The van der Waals surface area contributed by atoms with E-state index in [1.807, 2.05) is 31.3 Å². The van der Waals surface area contributed by atoms with Crippen molar-refractivity contribution < 1.29 is 5.11 Å². The molecule has 2 nitrogen and oxygen atoms in total. The molecule has 3 heteroatoms. The average molecular weight is 214 g/mol. The van der Waals surface area contributed by atoms with Gasteiger partial charge in [0, 0.05) is 5.02 Å². The van der Waals surface area contributed by atoms with Crippen LogP contribution in [-0.2, 0) is 0 Å². The van der Waals surface area contributed by atoms with E-state index in [2.05, 4.69) is 5.32 Å². The van der Waals surface area contributed by atoms with E-state index in [1.165, 1.54) is 0 Å². The summed E-state index contributed by atoms with van der Waals surface area (Å²) < 4.78 is 0. The molecule has 0 spiro atoms. The van der Waals surface area contributed by atoms with E-state index in [4.69, 9.17) is 11.6 Å². The van der Waals surface area contributed by atoms with Gasteiger partial charge < -0.3 is 10.4 Å². The number of halogens is 1. The molecule has 0 heterocycles. The van der Waals surface area contributed by atoms with Crippen molar-refractivity contribution in [1.29, 1.82) is 0 Å². The first-order valence-corrected chi connectivity index (χ1v) is 4.98. The minimum absolute atomic E-state index is 0.0835. The molecule has 78 valence electrons. The van der Waals surface area contributed by atoms with E-state index < -0.39 is 5.60 Å². The third kappa shape index (κ3) is 2.71. The third-order valence-electron chi connectivity index (χ3n) is 2.20. The quantitative estimate of drug-likeness (QED) is 0.808. The molecule has 0 aliphatic rings. The molecule has 0 amide bonds. The first-order valence-electron chi connectivity index (χ1n) is 4.60. The fourth-order valence-electron chi connectivity index (χ4n) is 1.58. The van der Waals surface area contributed by atoms with E-state index in [1.54, 1.807) is 13.8 Å². The molecule has 14 heavy (non-hydrogen) atoms. The van der Waals surface area contributed by atoms with Crippen molar-refractivity contribution >= 4 is 11.6 Å². The lowest BCUT2D eigenvalue weighted by Crippen LogP contribution is -2.37. The van der Waals surface area contributed by atoms with Crippen LogP contribution in [0.5, 0.6) is 0 Å². The van der Waals surface area contributed by atoms with E-state index >= 15 is 0 Å². The molecule has 0 aliphatic carbocycles. The summed E-state index contributed by atoms with van der Waals surface area (Å²) in [5, 5.41) is 13.7. The second-order valence-electron chi connectivity index (χ2n) is 3.93. The fraction of sp³-hybridized carbons (Fsp3) is 0.455. The van der Waals surface area contributed by atoms with Gasteiger partial charge in [0.15, 0.2) is 0 Å². The Balaban J connectivity index is 2.96. The highest BCUT2D eigenvalue weighted by atomic mass is 35.5. The van der Waals surface area contributed by atoms with Crippen molar-refractivity contribution in [2.75, 3.05) is 7.05 Å². The van der Waals surface area contributed by atoms with Crippen molar-refractivity contribution in [3.63, 3.8) is 0 Å². The molecular formula is C11H16ClNO. The number of likely N-dealkylation sites (N-methyl/N-ethyl adjacent to an activating group) is 1. The molecule has 2 N–H and O–H groups in total. The highest BCUT2D eigenvalue weighted by Gasteiger charge is 2.26. The number of benzene rings is 1. The molecule has 1 rings (SSSR count). The minimum atomic E-state index is -0.789. The Kier molecular flexibility index (Phi) is 3.53. The lowest BCUT2D eigenvalue weighted by atomic mass is 9.92. The Morgan fingerprint density at radius 1 is 1.29 bits per heavy atom. The Labute approximate surface area is 89.9 Å². The summed E-state index contributed by atoms with van der Waals surface area (Å²) in [6.07, 6.45) is 0. The number of nitrogens with one attached hydrogen (secondary N) is 1. The van der Waals surface area contributed by atoms with E-state index in [0.717, 1.165) is 5.56 Å². The molecule has 0 radical (unpaired) electrons. The van der Waals surface area contributed by atoms with Gasteiger partial charge in [0.05, 0.1) is 11.6 Å². The molecule has 0 aromatic heterocycles. The minimum Gasteiger partial charge on any atom is -0.388 e. The summed E-state index contributed by atoms with van der Waals surface area (Å²) in [7, 11) is 1.83. The number of rotatable bonds is 3. The van der Waals surface area contributed by atoms with Crippen LogP contribution < -0.4 is 5.32 Å². The van der Waals surface area contributed by atoms with Crippen LogP contribution in [0.25, 0.3) is 0 Å². The van der Waals surface area contributed by atoms with Crippen molar-refractivity contribution in [2.45, 2.75) is 25.5 Å². The molecule has 0 aliphatic heterocycles. The van der Waals surface area contributed by atoms with Gasteiger partial charge in [-0.2, -0.15) is 0 Å². The maximum Gasteiger partial charge on any atom is 0.0785 e. The first kappa shape index (κ1) is 11.5. The molecule has 0 saturated carbocycles. The molecule has 1 atom stereocenters. The maximum absolute atomic E-state index is 9.90. The van der Waals surface area contributed by atoms with Gasteiger partial charge in [0.2, 0.25) is 0 Å². The number of hydrogen-bond acceptors (Lipinski definition) is 2. The maximum atomic E-state index is 9.90. The average Bonchev–Trinajstić information content (AvgIpc) is 2.07. The molecule has 0 bridgehead atoms. The van der Waals surface area contributed by atoms with Crippen LogP contribution in [-0.4, -0.2) is 17.8 Å². The SMILES string of the molecule is CNC(c1ccc(Cl)cc1)C(C)(C)O. The third-order valence-corrected chi connectivity index (χ3v) is 2.45. The van der Waals surface area contributed by atoms with Crippen LogP contribution in [0.3, 0.4) is 0 Å². The summed E-state index contributed by atoms with van der Waals surface area (Å²) in [6, 6.07) is 7.41. The van der Waals surface area contributed by atoms with Crippen molar-refractivity contribution in [3.05, 3.63) is 34.9 Å². The Bertz CT molecular complexity index is 289. The van der Waals surface area contributed by atoms with E-state index in [-0.39, 0.29) is 6.04 Å². The van der Waals surface area contributed by atoms with Crippen LogP contribution in [0.1, 0.15) is 25.5 Å². The largest absolute Gasteiger partial charge is 0.388 e. The zero-order chi connectivity index (χ0) is 10.8. The fourth-order valence-corrected chi connectivity index (χ4v) is 1.71. The van der Waals surface area contributed by atoms with Gasteiger partial charge >= 0.3 is 0 Å². The van der Waals surface area contributed by atoms with Crippen molar-refractivity contribution in [2.24, 2.45) is 0 Å². The monoisotopic (exact) mass is 213 g/mol. The van der Waals surface area contributed by atoms with Gasteiger partial charge in [-0.05, 0) is 38.6 Å². The summed E-state index contributed by atoms with van der Waals surface area (Å²) in [6.45, 7) is 3.56. The van der Waals surface area contributed by atoms with Crippen molar-refractivity contribution in [3.8, 4) is 0 Å². The Morgan fingerprint density at radius 3 is 2.14 bits per heavy atom. The summed E-state index contributed by atoms with van der Waals surface area (Å²) in [4.78, 5) is 0. The van der Waals surface area contributed by atoms with E-state index in [0.29, 0.717) is 5.02 Å². The van der Waals surface area contributed by atoms with Crippen LogP contribution in [0.4, 0.5) is 0 Å². The summed E-state index contributed by atoms with van der Waals surface area (Å²) in [5.41, 5.74) is 0.243. The van der Waals surface area contributed by atoms with Gasteiger partial charge in [-0.3, -0.25) is 0 Å².